The molecule has 0 saturated carbocycles. The van der Waals surface area contributed by atoms with Gasteiger partial charge in [0.05, 0.1) is 11.5 Å². The van der Waals surface area contributed by atoms with E-state index in [4.69, 9.17) is 4.84 Å². The van der Waals surface area contributed by atoms with Gasteiger partial charge in [0.1, 0.15) is 10.7 Å². The van der Waals surface area contributed by atoms with E-state index in [9.17, 15) is 21.2 Å². The normalized spacial score (nSPS) is 12.3. The van der Waals surface area contributed by atoms with Gasteiger partial charge in [0.2, 0.25) is 0 Å². The third kappa shape index (κ3) is 4.58. The fourth-order valence-corrected chi connectivity index (χ4v) is 4.23. The lowest BCUT2D eigenvalue weighted by atomic mass is 10.2. The average Bonchev–Trinajstić information content (AvgIpc) is 2.48. The highest BCUT2D eigenvalue weighted by Gasteiger charge is 2.23. The second kappa shape index (κ2) is 6.75. The summed E-state index contributed by atoms with van der Waals surface area (Å²) in [5.74, 6) is -0.420. The van der Waals surface area contributed by atoms with Gasteiger partial charge in [0.15, 0.2) is 9.84 Å². The van der Waals surface area contributed by atoms with Crippen LogP contribution >= 0.6 is 0 Å². The number of hydrogen-bond acceptors (Lipinski definition) is 5. The lowest BCUT2D eigenvalue weighted by Gasteiger charge is -2.10. The molecule has 0 aliphatic heterocycles. The molecule has 0 aromatic heterocycles. The Labute approximate surface area is 133 Å². The van der Waals surface area contributed by atoms with Gasteiger partial charge in [-0.3, -0.25) is 4.84 Å². The Morgan fingerprint density at radius 3 is 2.09 bits per heavy atom. The van der Waals surface area contributed by atoms with E-state index in [1.807, 2.05) is 4.89 Å². The van der Waals surface area contributed by atoms with Crippen LogP contribution in [0.5, 0.6) is 0 Å². The predicted molar refractivity (Wildman–Crippen MR) is 81.1 cm³/mol. The van der Waals surface area contributed by atoms with Crippen LogP contribution in [0.2, 0.25) is 0 Å². The second-order valence-corrected chi connectivity index (χ2v) is 8.32. The summed E-state index contributed by atoms with van der Waals surface area (Å²) in [5, 5.41) is 0. The first-order chi connectivity index (χ1) is 10.7. The van der Waals surface area contributed by atoms with E-state index in [1.165, 1.54) is 48.5 Å². The zero-order valence-corrected chi connectivity index (χ0v) is 13.7. The molecule has 0 bridgehead atoms. The number of sulfone groups is 1. The van der Waals surface area contributed by atoms with E-state index < -0.39 is 30.6 Å². The number of halogens is 1. The zero-order chi connectivity index (χ0) is 17.1. The molecule has 0 spiro atoms. The zero-order valence-electron chi connectivity index (χ0n) is 12.1. The second-order valence-electron chi connectivity index (χ2n) is 4.72. The Bertz CT molecular complexity index is 893. The molecule has 23 heavy (non-hydrogen) atoms. The lowest BCUT2D eigenvalue weighted by molar-refractivity contribution is 0.0794. The summed E-state index contributed by atoms with van der Waals surface area (Å²) in [6.07, 6.45) is 0.917. The molecule has 0 unspecified atom stereocenters. The minimum atomic E-state index is -4.18. The first kappa shape index (κ1) is 17.5. The Hall–Kier alpha value is -1.81. The van der Waals surface area contributed by atoms with E-state index in [2.05, 4.69) is 0 Å². The molecular weight excluding hydrogens is 345 g/mol. The molecule has 0 fully saturated rings. The van der Waals surface area contributed by atoms with Gasteiger partial charge >= 0.3 is 0 Å². The third-order valence-electron chi connectivity index (χ3n) is 2.86. The van der Waals surface area contributed by atoms with Crippen LogP contribution in [-0.4, -0.2) is 23.1 Å². The first-order valence-electron chi connectivity index (χ1n) is 6.37. The van der Waals surface area contributed by atoms with Crippen molar-refractivity contribution in [2.45, 2.75) is 16.4 Å². The highest BCUT2D eigenvalue weighted by Crippen LogP contribution is 2.20. The van der Waals surface area contributed by atoms with E-state index in [0.29, 0.717) is 5.56 Å². The van der Waals surface area contributed by atoms with Crippen LogP contribution in [0.15, 0.2) is 58.3 Å². The minimum Gasteiger partial charge on any atom is -0.282 e. The molecule has 2 aromatic rings. The summed E-state index contributed by atoms with van der Waals surface area (Å²) in [6.45, 7) is -0.138. The molecule has 9 heteroatoms. The number of hydrogen-bond donors (Lipinski definition) is 1. The Kier molecular flexibility index (Phi) is 5.15. The maximum Gasteiger partial charge on any atom is 0.263 e. The summed E-state index contributed by atoms with van der Waals surface area (Å²) in [5.41, 5.74) is 0.547. The van der Waals surface area contributed by atoms with Crippen molar-refractivity contribution >= 4 is 19.9 Å². The average molecular weight is 359 g/mol. The molecule has 0 aliphatic rings. The monoisotopic (exact) mass is 359 g/mol. The smallest absolute Gasteiger partial charge is 0.263 e. The summed E-state index contributed by atoms with van der Waals surface area (Å²) in [4.78, 5) is 6.03. The molecule has 0 atom stereocenters. The number of benzene rings is 2. The van der Waals surface area contributed by atoms with E-state index in [0.717, 1.165) is 6.26 Å². The SMILES string of the molecule is CS(=O)(=O)c1ccccc1S(=O)(=O)NOCc1ccc(F)cc1. The van der Waals surface area contributed by atoms with Crippen molar-refractivity contribution in [3.8, 4) is 0 Å². The number of rotatable bonds is 6. The fourth-order valence-electron chi connectivity index (χ4n) is 1.79. The predicted octanol–water partition coefficient (Wildman–Crippen LogP) is 1.64. The van der Waals surface area contributed by atoms with Crippen molar-refractivity contribution in [2.75, 3.05) is 6.26 Å². The van der Waals surface area contributed by atoms with Crippen molar-refractivity contribution in [3.63, 3.8) is 0 Å². The van der Waals surface area contributed by atoms with E-state index >= 15 is 0 Å². The van der Waals surface area contributed by atoms with Gasteiger partial charge < -0.3 is 0 Å². The molecule has 0 radical (unpaired) electrons. The van der Waals surface area contributed by atoms with Crippen LogP contribution in [0.3, 0.4) is 0 Å². The van der Waals surface area contributed by atoms with Crippen molar-refractivity contribution in [2.24, 2.45) is 0 Å². The summed E-state index contributed by atoms with van der Waals surface area (Å²) < 4.78 is 60.5. The standard InChI is InChI=1S/C14H14FNO5S2/c1-22(17,18)13-4-2-3-5-14(13)23(19,20)16-21-10-11-6-8-12(15)9-7-11/h2-9,16H,10H2,1H3. The van der Waals surface area contributed by atoms with Gasteiger partial charge in [-0.25, -0.2) is 21.2 Å². The van der Waals surface area contributed by atoms with Crippen molar-refractivity contribution < 1.29 is 26.1 Å². The highest BCUT2D eigenvalue weighted by molar-refractivity contribution is 7.93. The van der Waals surface area contributed by atoms with Gasteiger partial charge in [-0.05, 0) is 29.8 Å². The molecule has 2 rings (SSSR count). The van der Waals surface area contributed by atoms with Gasteiger partial charge in [-0.2, -0.15) is 0 Å². The number of sulfonamides is 1. The highest BCUT2D eigenvalue weighted by atomic mass is 32.2. The Morgan fingerprint density at radius 1 is 0.957 bits per heavy atom. The molecule has 6 nitrogen and oxygen atoms in total. The third-order valence-corrected chi connectivity index (χ3v) is 5.42. The molecule has 0 heterocycles. The maximum atomic E-state index is 12.8. The summed E-state index contributed by atoms with van der Waals surface area (Å²) >= 11 is 0. The van der Waals surface area contributed by atoms with Crippen LogP contribution in [-0.2, 0) is 31.3 Å². The summed E-state index contributed by atoms with van der Waals surface area (Å²) in [6, 6.07) is 10.5. The first-order valence-corrected chi connectivity index (χ1v) is 9.75. The molecule has 0 aliphatic carbocycles. The van der Waals surface area contributed by atoms with Crippen molar-refractivity contribution in [3.05, 3.63) is 59.9 Å². The fraction of sp³-hybridized carbons (Fsp3) is 0.143. The van der Waals surface area contributed by atoms with Crippen LogP contribution in [0, 0.1) is 5.82 Å². The maximum absolute atomic E-state index is 12.8. The summed E-state index contributed by atoms with van der Waals surface area (Å²) in [7, 11) is -7.89. The molecular formula is C14H14FNO5S2. The Morgan fingerprint density at radius 2 is 1.52 bits per heavy atom. The van der Waals surface area contributed by atoms with Crippen LogP contribution < -0.4 is 4.89 Å². The van der Waals surface area contributed by atoms with Crippen molar-refractivity contribution in [1.82, 2.24) is 4.89 Å². The van der Waals surface area contributed by atoms with Crippen LogP contribution in [0.1, 0.15) is 5.56 Å². The van der Waals surface area contributed by atoms with Crippen LogP contribution in [0.4, 0.5) is 4.39 Å². The molecule has 2 aromatic carbocycles. The molecule has 1 N–H and O–H groups in total. The van der Waals surface area contributed by atoms with Gasteiger partial charge in [0.25, 0.3) is 10.0 Å². The van der Waals surface area contributed by atoms with Gasteiger partial charge in [0, 0.05) is 6.26 Å². The van der Waals surface area contributed by atoms with Gasteiger partial charge in [-0.1, -0.05) is 29.2 Å². The van der Waals surface area contributed by atoms with Crippen molar-refractivity contribution in [1.29, 1.82) is 0 Å². The molecule has 124 valence electrons. The van der Waals surface area contributed by atoms with E-state index in [-0.39, 0.29) is 11.5 Å². The quantitative estimate of drug-likeness (QED) is 0.792. The molecule has 0 amide bonds. The van der Waals surface area contributed by atoms with Gasteiger partial charge in [-0.15, -0.1) is 0 Å². The van der Waals surface area contributed by atoms with E-state index in [1.54, 1.807) is 0 Å². The minimum absolute atomic E-state index is 0.138. The lowest BCUT2D eigenvalue weighted by Crippen LogP contribution is -2.25. The topological polar surface area (TPSA) is 89.5 Å². The Balaban J connectivity index is 2.15. The van der Waals surface area contributed by atoms with Crippen LogP contribution in [0.25, 0.3) is 0 Å². The molecule has 0 saturated heterocycles. The number of nitrogens with one attached hydrogen (secondary N) is 1. The largest absolute Gasteiger partial charge is 0.282 e.